The Balaban J connectivity index is 2.12. The van der Waals surface area contributed by atoms with Gasteiger partial charge in [0.15, 0.2) is 0 Å². The number of carbonyl (C=O) groups is 2. The van der Waals surface area contributed by atoms with Crippen molar-refractivity contribution in [1.82, 2.24) is 4.90 Å². The monoisotopic (exact) mass is 432 g/mol. The fourth-order valence-electron chi connectivity index (χ4n) is 3.28. The first-order valence-electron chi connectivity index (χ1n) is 9.35. The Bertz CT molecular complexity index is 954. The van der Waals surface area contributed by atoms with Crippen LogP contribution < -0.4 is 4.90 Å². The molecule has 6 nitrogen and oxygen atoms in total. The van der Waals surface area contributed by atoms with E-state index in [2.05, 4.69) is 0 Å². The Morgan fingerprint density at radius 1 is 0.967 bits per heavy atom. The summed E-state index contributed by atoms with van der Waals surface area (Å²) in [5.41, 5.74) is 1.17. The second kappa shape index (κ2) is 9.84. The maximum absolute atomic E-state index is 13.8. The van der Waals surface area contributed by atoms with Crippen molar-refractivity contribution in [3.05, 3.63) is 70.6 Å². The van der Waals surface area contributed by atoms with Gasteiger partial charge in [-0.05, 0) is 35.9 Å². The van der Waals surface area contributed by atoms with Gasteiger partial charge >= 0.3 is 0 Å². The molecule has 8 heteroatoms. The van der Waals surface area contributed by atoms with E-state index in [4.69, 9.17) is 21.1 Å². The van der Waals surface area contributed by atoms with Gasteiger partial charge in [0.1, 0.15) is 11.5 Å². The number of methoxy groups -OCH3 is 2. The van der Waals surface area contributed by atoms with Crippen LogP contribution in [-0.2, 0) is 19.1 Å². The minimum Gasteiger partial charge on any atom is -0.383 e. The summed E-state index contributed by atoms with van der Waals surface area (Å²) >= 11 is 6.00. The smallest absolute Gasteiger partial charge is 0.282 e. The van der Waals surface area contributed by atoms with E-state index in [0.717, 1.165) is 11.0 Å². The fraction of sp³-hybridized carbons (Fsp3) is 0.273. The van der Waals surface area contributed by atoms with Crippen molar-refractivity contribution < 1.29 is 23.5 Å². The lowest BCUT2D eigenvalue weighted by atomic mass is 10.0. The number of imide groups is 1. The number of halogens is 2. The lowest BCUT2D eigenvalue weighted by molar-refractivity contribution is -0.120. The summed E-state index contributed by atoms with van der Waals surface area (Å²) in [7, 11) is 3.12. The zero-order valence-corrected chi connectivity index (χ0v) is 17.5. The van der Waals surface area contributed by atoms with Crippen molar-refractivity contribution in [3.8, 4) is 0 Å². The van der Waals surface area contributed by atoms with Crippen molar-refractivity contribution in [1.29, 1.82) is 0 Å². The molecule has 0 bridgehead atoms. The van der Waals surface area contributed by atoms with Gasteiger partial charge in [-0.25, -0.2) is 9.29 Å². The molecule has 30 heavy (non-hydrogen) atoms. The van der Waals surface area contributed by atoms with E-state index >= 15 is 0 Å². The van der Waals surface area contributed by atoms with Gasteiger partial charge < -0.3 is 14.4 Å². The molecule has 0 unspecified atom stereocenters. The Morgan fingerprint density at radius 2 is 1.60 bits per heavy atom. The highest BCUT2D eigenvalue weighted by atomic mass is 35.5. The lowest BCUT2D eigenvalue weighted by Crippen LogP contribution is -2.37. The number of carbonyl (C=O) groups excluding carboxylic acids is 2. The molecule has 0 fully saturated rings. The summed E-state index contributed by atoms with van der Waals surface area (Å²) in [6, 6.07) is 12.1. The molecule has 0 spiro atoms. The quantitative estimate of drug-likeness (QED) is 0.569. The molecule has 2 aromatic carbocycles. The Hall–Kier alpha value is -2.74. The molecule has 0 atom stereocenters. The maximum atomic E-state index is 13.8. The van der Waals surface area contributed by atoms with Crippen LogP contribution >= 0.6 is 11.6 Å². The molecule has 2 aromatic rings. The van der Waals surface area contributed by atoms with Crippen LogP contribution in [0.25, 0.3) is 5.57 Å². The van der Waals surface area contributed by atoms with Crippen molar-refractivity contribution >= 4 is 34.7 Å². The van der Waals surface area contributed by atoms with Gasteiger partial charge in [-0.15, -0.1) is 0 Å². The van der Waals surface area contributed by atoms with Gasteiger partial charge in [0.25, 0.3) is 11.8 Å². The molecule has 0 radical (unpaired) electrons. The number of ether oxygens (including phenoxy) is 2. The van der Waals surface area contributed by atoms with Crippen molar-refractivity contribution in [2.45, 2.75) is 0 Å². The average molecular weight is 433 g/mol. The number of amides is 2. The van der Waals surface area contributed by atoms with E-state index in [1.54, 1.807) is 43.4 Å². The van der Waals surface area contributed by atoms with Crippen LogP contribution in [0.5, 0.6) is 0 Å². The van der Waals surface area contributed by atoms with Gasteiger partial charge in [0.05, 0.1) is 24.5 Å². The molecular formula is C22H22ClFN2O4. The molecule has 1 heterocycles. The number of benzene rings is 2. The van der Waals surface area contributed by atoms with Crippen LogP contribution in [0.2, 0.25) is 5.02 Å². The first kappa shape index (κ1) is 22.0. The highest BCUT2D eigenvalue weighted by molar-refractivity contribution is 6.45. The number of rotatable bonds is 9. The molecular weight excluding hydrogens is 411 g/mol. The molecule has 2 amide bonds. The predicted octanol–water partition coefficient (Wildman–Crippen LogP) is 3.36. The third-order valence-electron chi connectivity index (χ3n) is 4.71. The van der Waals surface area contributed by atoms with E-state index in [0.29, 0.717) is 36.9 Å². The van der Waals surface area contributed by atoms with Gasteiger partial charge in [-0.2, -0.15) is 0 Å². The Labute approximate surface area is 179 Å². The standard InChI is InChI=1S/C22H22ClFN2O4/c1-29-12-10-25(11-13-30-2)20-19(15-6-8-16(23)9-7-15)21(27)26(22(20)28)18-5-3-4-17(24)14-18/h3-9,14H,10-13H2,1-2H3. The predicted molar refractivity (Wildman–Crippen MR) is 113 cm³/mol. The zero-order chi connectivity index (χ0) is 21.7. The average Bonchev–Trinajstić information content (AvgIpc) is 2.99. The second-order valence-corrected chi connectivity index (χ2v) is 7.07. The zero-order valence-electron chi connectivity index (χ0n) is 16.7. The van der Waals surface area contributed by atoms with Crippen LogP contribution in [0, 0.1) is 5.82 Å². The van der Waals surface area contributed by atoms with Gasteiger partial charge in [0, 0.05) is 32.3 Å². The summed E-state index contributed by atoms with van der Waals surface area (Å²) in [6.45, 7) is 1.45. The van der Waals surface area contributed by atoms with E-state index in [9.17, 15) is 14.0 Å². The molecule has 0 saturated carbocycles. The normalized spacial score (nSPS) is 14.1. The van der Waals surface area contributed by atoms with Crippen LogP contribution in [-0.4, -0.2) is 57.2 Å². The van der Waals surface area contributed by atoms with Gasteiger partial charge in [-0.3, -0.25) is 9.59 Å². The number of hydrogen-bond acceptors (Lipinski definition) is 5. The molecule has 0 saturated heterocycles. The SMILES string of the molecule is COCCN(CCOC)C1=C(c2ccc(Cl)cc2)C(=O)N(c2cccc(F)c2)C1=O. The summed E-state index contributed by atoms with van der Waals surface area (Å²) in [4.78, 5) is 29.6. The highest BCUT2D eigenvalue weighted by Gasteiger charge is 2.42. The molecule has 0 aliphatic carbocycles. The molecule has 1 aliphatic heterocycles. The number of nitrogens with zero attached hydrogens (tertiary/aromatic N) is 2. The van der Waals surface area contributed by atoms with Crippen LogP contribution in [0.1, 0.15) is 5.56 Å². The highest BCUT2D eigenvalue weighted by Crippen LogP contribution is 2.35. The first-order chi connectivity index (χ1) is 14.5. The molecule has 158 valence electrons. The Kier molecular flexibility index (Phi) is 7.20. The van der Waals surface area contributed by atoms with Gasteiger partial charge in [-0.1, -0.05) is 29.8 Å². The third-order valence-corrected chi connectivity index (χ3v) is 4.96. The van der Waals surface area contributed by atoms with Crippen molar-refractivity contribution in [2.24, 2.45) is 0 Å². The molecule has 1 aliphatic rings. The van der Waals surface area contributed by atoms with Crippen LogP contribution in [0.4, 0.5) is 10.1 Å². The fourth-order valence-corrected chi connectivity index (χ4v) is 3.40. The summed E-state index contributed by atoms with van der Waals surface area (Å²) in [6.07, 6.45) is 0. The summed E-state index contributed by atoms with van der Waals surface area (Å²) < 4.78 is 24.2. The summed E-state index contributed by atoms with van der Waals surface area (Å²) in [5, 5.41) is 0.510. The minimum atomic E-state index is -0.537. The number of anilines is 1. The maximum Gasteiger partial charge on any atom is 0.282 e. The van der Waals surface area contributed by atoms with E-state index in [1.165, 1.54) is 18.2 Å². The topological polar surface area (TPSA) is 59.1 Å². The molecule has 0 N–H and O–H groups in total. The largest absolute Gasteiger partial charge is 0.383 e. The van der Waals surface area contributed by atoms with Crippen molar-refractivity contribution in [3.63, 3.8) is 0 Å². The van der Waals surface area contributed by atoms with E-state index < -0.39 is 17.6 Å². The first-order valence-corrected chi connectivity index (χ1v) is 9.73. The summed E-state index contributed by atoms with van der Waals surface area (Å²) in [5.74, 6) is -1.59. The van der Waals surface area contributed by atoms with Gasteiger partial charge in [0.2, 0.25) is 0 Å². The van der Waals surface area contributed by atoms with Crippen LogP contribution in [0.15, 0.2) is 54.2 Å². The number of hydrogen-bond donors (Lipinski definition) is 0. The van der Waals surface area contributed by atoms with E-state index in [1.807, 2.05) is 0 Å². The third kappa shape index (κ3) is 4.53. The van der Waals surface area contributed by atoms with Crippen LogP contribution in [0.3, 0.4) is 0 Å². The minimum absolute atomic E-state index is 0.171. The van der Waals surface area contributed by atoms with E-state index in [-0.39, 0.29) is 17.0 Å². The van der Waals surface area contributed by atoms with Crippen molar-refractivity contribution in [2.75, 3.05) is 45.4 Å². The molecule has 3 rings (SSSR count). The lowest BCUT2D eigenvalue weighted by Gasteiger charge is -2.25. The second-order valence-electron chi connectivity index (χ2n) is 6.63. The Morgan fingerprint density at radius 3 is 2.17 bits per heavy atom. The molecule has 0 aromatic heterocycles.